The molecule has 2 rings (SSSR count). The van der Waals surface area contributed by atoms with Crippen molar-refractivity contribution in [1.29, 1.82) is 0 Å². The first kappa shape index (κ1) is 8.25. The molecule has 0 saturated heterocycles. The number of rotatable bonds is 2. The van der Waals surface area contributed by atoms with E-state index in [4.69, 9.17) is 4.74 Å². The average molecular weight is 181 g/mol. The van der Waals surface area contributed by atoms with E-state index in [0.29, 0.717) is 19.0 Å². The maximum atomic E-state index is 11.3. The molecule has 0 unspecified atom stereocenters. The van der Waals surface area contributed by atoms with Crippen molar-refractivity contribution < 1.29 is 9.53 Å². The van der Waals surface area contributed by atoms with Gasteiger partial charge in [0, 0.05) is 26.4 Å². The highest BCUT2D eigenvalue weighted by Crippen LogP contribution is 2.07. The lowest BCUT2D eigenvalue weighted by molar-refractivity contribution is 0.0921. The predicted molar refractivity (Wildman–Crippen MR) is 45.3 cm³/mol. The van der Waals surface area contributed by atoms with E-state index < -0.39 is 0 Å². The summed E-state index contributed by atoms with van der Waals surface area (Å²) in [5.41, 5.74) is 0.801. The fraction of sp³-hybridized carbons (Fsp3) is 0.500. The average Bonchev–Trinajstić information content (AvgIpc) is 2.49. The number of amides is 1. The lowest BCUT2D eigenvalue weighted by Gasteiger charge is -2.13. The lowest BCUT2D eigenvalue weighted by atomic mass is 10.4. The van der Waals surface area contributed by atoms with Crippen LogP contribution in [0.2, 0.25) is 0 Å². The number of carbonyl (C=O) groups is 1. The standard InChI is InChI=1S/C8H11N3O2/c1-13-5-6-4-11-3-2-9-8(12)7(11)10-6/h4H,2-3,5H2,1H3,(H,9,12). The van der Waals surface area contributed by atoms with Gasteiger partial charge in [-0.2, -0.15) is 0 Å². The van der Waals surface area contributed by atoms with Gasteiger partial charge >= 0.3 is 0 Å². The second-order valence-corrected chi connectivity index (χ2v) is 2.94. The lowest BCUT2D eigenvalue weighted by Crippen LogP contribution is -2.35. The molecule has 13 heavy (non-hydrogen) atoms. The number of fused-ring (bicyclic) bond motifs is 1. The normalized spacial score (nSPS) is 15.3. The first-order chi connectivity index (χ1) is 6.31. The van der Waals surface area contributed by atoms with Crippen LogP contribution in [0, 0.1) is 0 Å². The van der Waals surface area contributed by atoms with Crippen molar-refractivity contribution in [2.24, 2.45) is 0 Å². The third-order valence-corrected chi connectivity index (χ3v) is 1.96. The number of imidazole rings is 1. The van der Waals surface area contributed by atoms with Crippen LogP contribution < -0.4 is 5.32 Å². The van der Waals surface area contributed by atoms with Gasteiger partial charge in [-0.05, 0) is 0 Å². The summed E-state index contributed by atoms with van der Waals surface area (Å²) in [4.78, 5) is 15.4. The topological polar surface area (TPSA) is 56.2 Å². The number of methoxy groups -OCH3 is 1. The van der Waals surface area contributed by atoms with E-state index in [1.807, 2.05) is 10.8 Å². The van der Waals surface area contributed by atoms with Crippen molar-refractivity contribution in [2.45, 2.75) is 13.2 Å². The van der Waals surface area contributed by atoms with Crippen molar-refractivity contribution in [1.82, 2.24) is 14.9 Å². The number of ether oxygens (including phenoxy) is 1. The number of carbonyl (C=O) groups excluding carboxylic acids is 1. The second kappa shape index (κ2) is 3.18. The molecule has 0 fully saturated rings. The summed E-state index contributed by atoms with van der Waals surface area (Å²) < 4.78 is 6.79. The Bertz CT molecular complexity index is 332. The number of hydrogen-bond donors (Lipinski definition) is 1. The highest BCUT2D eigenvalue weighted by Gasteiger charge is 2.18. The summed E-state index contributed by atoms with van der Waals surface area (Å²) in [6.45, 7) is 1.92. The molecule has 0 radical (unpaired) electrons. The van der Waals surface area contributed by atoms with Gasteiger partial charge in [0.05, 0.1) is 12.3 Å². The fourth-order valence-corrected chi connectivity index (χ4v) is 1.41. The number of nitrogens with zero attached hydrogens (tertiary/aromatic N) is 2. The molecule has 5 heteroatoms. The number of aromatic nitrogens is 2. The van der Waals surface area contributed by atoms with Gasteiger partial charge in [0.1, 0.15) is 0 Å². The minimum atomic E-state index is -0.103. The maximum absolute atomic E-state index is 11.3. The third-order valence-electron chi connectivity index (χ3n) is 1.96. The zero-order chi connectivity index (χ0) is 9.26. The van der Waals surface area contributed by atoms with E-state index in [2.05, 4.69) is 10.3 Å². The predicted octanol–water partition coefficient (Wildman–Crippen LogP) is -0.227. The van der Waals surface area contributed by atoms with Crippen LogP contribution >= 0.6 is 0 Å². The second-order valence-electron chi connectivity index (χ2n) is 2.94. The summed E-state index contributed by atoms with van der Waals surface area (Å²) in [5, 5.41) is 2.73. The van der Waals surface area contributed by atoms with Gasteiger partial charge < -0.3 is 14.6 Å². The highest BCUT2D eigenvalue weighted by atomic mass is 16.5. The SMILES string of the molecule is COCc1cn2c(n1)C(=O)NCC2. The van der Waals surface area contributed by atoms with Gasteiger partial charge in [0.2, 0.25) is 0 Å². The Kier molecular flexibility index (Phi) is 2.02. The minimum Gasteiger partial charge on any atom is -0.378 e. The van der Waals surface area contributed by atoms with E-state index in [1.165, 1.54) is 0 Å². The molecule has 0 aromatic carbocycles. The first-order valence-corrected chi connectivity index (χ1v) is 4.14. The largest absolute Gasteiger partial charge is 0.378 e. The third kappa shape index (κ3) is 1.42. The minimum absolute atomic E-state index is 0.103. The van der Waals surface area contributed by atoms with Gasteiger partial charge in [-0.25, -0.2) is 4.98 Å². The molecule has 2 heterocycles. The summed E-state index contributed by atoms with van der Waals surface area (Å²) in [7, 11) is 1.61. The summed E-state index contributed by atoms with van der Waals surface area (Å²) in [6.07, 6.45) is 1.86. The van der Waals surface area contributed by atoms with E-state index >= 15 is 0 Å². The van der Waals surface area contributed by atoms with Crippen LogP contribution in [0.15, 0.2) is 6.20 Å². The Morgan fingerprint density at radius 3 is 3.31 bits per heavy atom. The van der Waals surface area contributed by atoms with E-state index in [1.54, 1.807) is 7.11 Å². The van der Waals surface area contributed by atoms with E-state index in [0.717, 1.165) is 12.2 Å². The molecule has 1 aromatic rings. The molecular weight excluding hydrogens is 170 g/mol. The molecule has 0 spiro atoms. The molecule has 1 N–H and O–H groups in total. The van der Waals surface area contributed by atoms with Crippen LogP contribution in [-0.2, 0) is 17.9 Å². The molecular formula is C8H11N3O2. The number of nitrogens with one attached hydrogen (secondary N) is 1. The van der Waals surface area contributed by atoms with Crippen molar-refractivity contribution in [2.75, 3.05) is 13.7 Å². The van der Waals surface area contributed by atoms with Crippen molar-refractivity contribution >= 4 is 5.91 Å². The van der Waals surface area contributed by atoms with Crippen molar-refractivity contribution in [3.63, 3.8) is 0 Å². The molecule has 1 aliphatic rings. The van der Waals surface area contributed by atoms with Gasteiger partial charge in [-0.1, -0.05) is 0 Å². The van der Waals surface area contributed by atoms with Crippen LogP contribution in [-0.4, -0.2) is 29.1 Å². The monoisotopic (exact) mass is 181 g/mol. The molecule has 1 aliphatic heterocycles. The molecule has 0 saturated carbocycles. The zero-order valence-corrected chi connectivity index (χ0v) is 7.41. The Morgan fingerprint density at radius 2 is 2.62 bits per heavy atom. The van der Waals surface area contributed by atoms with E-state index in [-0.39, 0.29) is 5.91 Å². The Morgan fingerprint density at radius 1 is 1.77 bits per heavy atom. The molecule has 1 aromatic heterocycles. The van der Waals surface area contributed by atoms with Crippen LogP contribution in [0.5, 0.6) is 0 Å². The Hall–Kier alpha value is -1.36. The summed E-state index contributed by atoms with van der Waals surface area (Å²) in [5.74, 6) is 0.381. The zero-order valence-electron chi connectivity index (χ0n) is 7.41. The quantitative estimate of drug-likeness (QED) is 0.685. The molecule has 5 nitrogen and oxygen atoms in total. The Labute approximate surface area is 75.7 Å². The smallest absolute Gasteiger partial charge is 0.287 e. The van der Waals surface area contributed by atoms with Crippen LogP contribution in [0.25, 0.3) is 0 Å². The van der Waals surface area contributed by atoms with Gasteiger partial charge in [0.25, 0.3) is 5.91 Å². The van der Waals surface area contributed by atoms with Gasteiger partial charge in [-0.3, -0.25) is 4.79 Å². The molecule has 0 bridgehead atoms. The molecule has 0 atom stereocenters. The fourth-order valence-electron chi connectivity index (χ4n) is 1.41. The first-order valence-electron chi connectivity index (χ1n) is 4.14. The van der Waals surface area contributed by atoms with Crippen molar-refractivity contribution in [3.05, 3.63) is 17.7 Å². The van der Waals surface area contributed by atoms with Gasteiger partial charge in [-0.15, -0.1) is 0 Å². The molecule has 1 amide bonds. The van der Waals surface area contributed by atoms with Crippen LogP contribution in [0.4, 0.5) is 0 Å². The molecule has 70 valence electrons. The van der Waals surface area contributed by atoms with Crippen LogP contribution in [0.3, 0.4) is 0 Å². The van der Waals surface area contributed by atoms with Gasteiger partial charge in [0.15, 0.2) is 5.82 Å². The van der Waals surface area contributed by atoms with E-state index in [9.17, 15) is 4.79 Å². The van der Waals surface area contributed by atoms with Crippen LogP contribution in [0.1, 0.15) is 16.3 Å². The Balaban J connectivity index is 2.31. The van der Waals surface area contributed by atoms with Crippen molar-refractivity contribution in [3.8, 4) is 0 Å². The number of hydrogen-bond acceptors (Lipinski definition) is 3. The molecule has 0 aliphatic carbocycles. The maximum Gasteiger partial charge on any atom is 0.287 e. The highest BCUT2D eigenvalue weighted by molar-refractivity contribution is 5.91. The summed E-state index contributed by atoms with van der Waals surface area (Å²) in [6, 6.07) is 0. The summed E-state index contributed by atoms with van der Waals surface area (Å²) >= 11 is 0.